The lowest BCUT2D eigenvalue weighted by Crippen LogP contribution is -1.97. The molecule has 0 saturated heterocycles. The van der Waals surface area contributed by atoms with E-state index in [-0.39, 0.29) is 0 Å². The summed E-state index contributed by atoms with van der Waals surface area (Å²) >= 11 is 4.76. The fraction of sp³-hybridized carbons (Fsp3) is 0.667. The van der Waals surface area contributed by atoms with Crippen molar-refractivity contribution in [3.63, 3.8) is 0 Å². The summed E-state index contributed by atoms with van der Waals surface area (Å²) in [5, 5.41) is 0. The first-order valence-corrected chi connectivity index (χ1v) is 14.2. The summed E-state index contributed by atoms with van der Waals surface area (Å²) in [6.07, 6.45) is 25.3. The van der Waals surface area contributed by atoms with Crippen LogP contribution in [-0.2, 0) is 6.42 Å². The van der Waals surface area contributed by atoms with Crippen LogP contribution in [0, 0.1) is 0 Å². The van der Waals surface area contributed by atoms with Crippen molar-refractivity contribution in [1.29, 1.82) is 0 Å². The van der Waals surface area contributed by atoms with E-state index in [4.69, 9.17) is 12.6 Å². The van der Waals surface area contributed by atoms with E-state index in [1.54, 1.807) is 0 Å². The lowest BCUT2D eigenvalue weighted by atomic mass is 9.94. The molecule has 33 heavy (non-hydrogen) atoms. The van der Waals surface area contributed by atoms with E-state index < -0.39 is 0 Å². The smallest absolute Gasteiger partial charge is 0.160 e. The van der Waals surface area contributed by atoms with E-state index in [1.807, 2.05) is 12.4 Å². The molecule has 0 aliphatic rings. The minimum atomic E-state index is 0.575. The molecule has 0 amide bonds. The van der Waals surface area contributed by atoms with Crippen molar-refractivity contribution in [2.75, 3.05) is 0 Å². The van der Waals surface area contributed by atoms with Crippen LogP contribution in [0.15, 0.2) is 35.5 Å². The van der Waals surface area contributed by atoms with Gasteiger partial charge < -0.3 is 0 Å². The van der Waals surface area contributed by atoms with E-state index in [9.17, 15) is 0 Å². The lowest BCUT2D eigenvalue weighted by molar-refractivity contribution is 0.556. The van der Waals surface area contributed by atoms with E-state index in [0.717, 1.165) is 22.7 Å². The minimum absolute atomic E-state index is 0.575. The molecule has 3 heteroatoms. The Hall–Kier alpha value is -1.35. The third kappa shape index (κ3) is 11.1. The van der Waals surface area contributed by atoms with Crippen LogP contribution in [0.3, 0.4) is 0 Å². The average molecular weight is 469 g/mol. The zero-order valence-corrected chi connectivity index (χ0v) is 22.5. The van der Waals surface area contributed by atoms with Crippen molar-refractivity contribution in [3.05, 3.63) is 41.7 Å². The second kappa shape index (κ2) is 17.1. The molecule has 2 nitrogen and oxygen atoms in total. The van der Waals surface area contributed by atoms with Crippen molar-refractivity contribution in [3.8, 4) is 11.4 Å². The molecule has 1 aromatic heterocycles. The van der Waals surface area contributed by atoms with Gasteiger partial charge in [-0.1, -0.05) is 110 Å². The highest BCUT2D eigenvalue weighted by molar-refractivity contribution is 7.80. The molecule has 0 radical (unpaired) electrons. The van der Waals surface area contributed by atoms with Gasteiger partial charge in [-0.3, -0.25) is 0 Å². The highest BCUT2D eigenvalue weighted by atomic mass is 32.1. The van der Waals surface area contributed by atoms with Gasteiger partial charge in [0.1, 0.15) is 0 Å². The van der Waals surface area contributed by atoms with Crippen LogP contribution in [-0.4, -0.2) is 9.97 Å². The average Bonchev–Trinajstić information content (AvgIpc) is 2.83. The Bertz CT molecular complexity index is 756. The Morgan fingerprint density at radius 1 is 0.727 bits per heavy atom. The molecule has 1 atom stereocenters. The zero-order chi connectivity index (χ0) is 23.7. The molecule has 0 bridgehead atoms. The summed E-state index contributed by atoms with van der Waals surface area (Å²) in [6, 6.07) is 6.60. The summed E-state index contributed by atoms with van der Waals surface area (Å²) in [5.74, 6) is 1.36. The predicted octanol–water partition coefficient (Wildman–Crippen LogP) is 9.97. The van der Waals surface area contributed by atoms with Crippen molar-refractivity contribution < 1.29 is 0 Å². The highest BCUT2D eigenvalue weighted by Crippen LogP contribution is 2.30. The fourth-order valence-corrected chi connectivity index (χ4v) is 4.85. The van der Waals surface area contributed by atoms with Gasteiger partial charge in [0.25, 0.3) is 0 Å². The summed E-state index contributed by atoms with van der Waals surface area (Å²) < 4.78 is 0. The number of unbranched alkanes of at least 4 members (excludes halogenated alkanes) is 12. The number of hydrogen-bond acceptors (Lipinski definition) is 3. The number of nitrogens with zero attached hydrogens (tertiary/aromatic N) is 2. The van der Waals surface area contributed by atoms with Gasteiger partial charge >= 0.3 is 0 Å². The summed E-state index contributed by atoms with van der Waals surface area (Å²) in [4.78, 5) is 10.3. The first-order valence-electron chi connectivity index (χ1n) is 13.8. The Kier molecular flexibility index (Phi) is 14.5. The highest BCUT2D eigenvalue weighted by Gasteiger charge is 2.11. The molecular formula is C30H48N2S. The van der Waals surface area contributed by atoms with Crippen LogP contribution in [0.4, 0.5) is 0 Å². The molecule has 0 saturated carbocycles. The number of rotatable bonds is 18. The summed E-state index contributed by atoms with van der Waals surface area (Å²) in [7, 11) is 0. The molecule has 0 fully saturated rings. The number of aryl methyl sites for hydroxylation is 1. The van der Waals surface area contributed by atoms with Crippen molar-refractivity contribution in [2.45, 2.75) is 134 Å². The Balaban J connectivity index is 1.72. The van der Waals surface area contributed by atoms with Crippen LogP contribution < -0.4 is 0 Å². The van der Waals surface area contributed by atoms with Gasteiger partial charge in [0.15, 0.2) is 5.82 Å². The number of thiol groups is 1. The van der Waals surface area contributed by atoms with Crippen LogP contribution in [0.2, 0.25) is 0 Å². The second-order valence-electron chi connectivity index (χ2n) is 9.87. The largest absolute Gasteiger partial charge is 0.236 e. The van der Waals surface area contributed by atoms with Gasteiger partial charge in [-0.05, 0) is 48.4 Å². The fourth-order valence-electron chi connectivity index (χ4n) is 4.53. The van der Waals surface area contributed by atoms with Crippen LogP contribution in [0.1, 0.15) is 134 Å². The van der Waals surface area contributed by atoms with Crippen LogP contribution in [0.5, 0.6) is 0 Å². The molecule has 184 valence electrons. The molecule has 0 spiro atoms. The van der Waals surface area contributed by atoms with Crippen LogP contribution in [0.25, 0.3) is 11.4 Å². The third-order valence-electron chi connectivity index (χ3n) is 6.85. The SMILES string of the molecule is CCCCCCCCCCCCc1cnc(-c2ccc(C(C)CCCCCC)cc2S)nc1. The molecule has 0 aliphatic carbocycles. The van der Waals surface area contributed by atoms with Crippen molar-refractivity contribution in [1.82, 2.24) is 9.97 Å². The van der Waals surface area contributed by atoms with E-state index in [1.165, 1.54) is 107 Å². The molecule has 1 unspecified atom stereocenters. The predicted molar refractivity (Wildman–Crippen MR) is 147 cm³/mol. The first kappa shape index (κ1) is 27.9. The van der Waals surface area contributed by atoms with Crippen molar-refractivity contribution in [2.24, 2.45) is 0 Å². The number of benzene rings is 1. The normalized spacial score (nSPS) is 12.2. The third-order valence-corrected chi connectivity index (χ3v) is 7.22. The number of aromatic nitrogens is 2. The molecular weight excluding hydrogens is 420 g/mol. The second-order valence-corrected chi connectivity index (χ2v) is 10.4. The lowest BCUT2D eigenvalue weighted by Gasteiger charge is -2.14. The Morgan fingerprint density at radius 2 is 1.27 bits per heavy atom. The van der Waals surface area contributed by atoms with Crippen LogP contribution >= 0.6 is 12.6 Å². The van der Waals surface area contributed by atoms with E-state index in [2.05, 4.69) is 48.9 Å². The van der Waals surface area contributed by atoms with E-state index in [0.29, 0.717) is 5.92 Å². The first-order chi connectivity index (χ1) is 16.2. The van der Waals surface area contributed by atoms with Gasteiger partial charge in [0, 0.05) is 22.9 Å². The monoisotopic (exact) mass is 468 g/mol. The quantitative estimate of drug-likeness (QED) is 0.174. The maximum absolute atomic E-state index is 4.76. The maximum atomic E-state index is 4.76. The van der Waals surface area contributed by atoms with Gasteiger partial charge in [0.2, 0.25) is 0 Å². The van der Waals surface area contributed by atoms with Gasteiger partial charge in [-0.2, -0.15) is 0 Å². The molecule has 1 heterocycles. The molecule has 1 aromatic carbocycles. The molecule has 0 aliphatic heterocycles. The van der Waals surface area contributed by atoms with Gasteiger partial charge in [-0.25, -0.2) is 9.97 Å². The van der Waals surface area contributed by atoms with E-state index >= 15 is 0 Å². The molecule has 2 rings (SSSR count). The zero-order valence-electron chi connectivity index (χ0n) is 21.6. The van der Waals surface area contributed by atoms with Gasteiger partial charge in [-0.15, -0.1) is 12.6 Å². The summed E-state index contributed by atoms with van der Waals surface area (Å²) in [5.41, 5.74) is 3.65. The standard InChI is InChI=1S/C30H48N2S/c1-4-6-8-10-11-12-13-14-15-17-19-26-23-31-30(32-24-26)28-21-20-27(22-29(28)33)25(3)18-16-9-7-5-2/h20-25,33H,4-19H2,1-3H3. The topological polar surface area (TPSA) is 25.8 Å². The maximum Gasteiger partial charge on any atom is 0.160 e. The molecule has 0 N–H and O–H groups in total. The number of hydrogen-bond donors (Lipinski definition) is 1. The summed E-state index contributed by atoms with van der Waals surface area (Å²) in [6.45, 7) is 6.87. The minimum Gasteiger partial charge on any atom is -0.236 e. The Labute approximate surface area is 209 Å². The van der Waals surface area contributed by atoms with Gasteiger partial charge in [0.05, 0.1) is 0 Å². The van der Waals surface area contributed by atoms with Crippen molar-refractivity contribution >= 4 is 12.6 Å². The Morgan fingerprint density at radius 3 is 1.85 bits per heavy atom. The molecule has 2 aromatic rings.